The molecule has 28 heavy (non-hydrogen) atoms. The van der Waals surface area contributed by atoms with E-state index in [1.165, 1.54) is 15.8 Å². The largest absolute Gasteiger partial charge is 0.468 e. The van der Waals surface area contributed by atoms with E-state index in [4.69, 9.17) is 4.42 Å². The van der Waals surface area contributed by atoms with E-state index in [1.54, 1.807) is 17.6 Å². The Morgan fingerprint density at radius 3 is 2.86 bits per heavy atom. The maximum Gasteiger partial charge on any atom is 0.234 e. The predicted molar refractivity (Wildman–Crippen MR) is 112 cm³/mol. The number of para-hydroxylation sites is 1. The highest BCUT2D eigenvalue weighted by Crippen LogP contribution is 2.18. The van der Waals surface area contributed by atoms with Gasteiger partial charge in [0, 0.05) is 35.1 Å². The molecule has 0 bridgehead atoms. The van der Waals surface area contributed by atoms with E-state index in [0.717, 1.165) is 24.2 Å². The normalized spacial score (nSPS) is 11.3. The van der Waals surface area contributed by atoms with Gasteiger partial charge in [-0.1, -0.05) is 24.3 Å². The first kappa shape index (κ1) is 18.5. The molecule has 0 fully saturated rings. The average Bonchev–Trinajstić information content (AvgIpc) is 3.44. The van der Waals surface area contributed by atoms with Gasteiger partial charge in [0.15, 0.2) is 0 Å². The standard InChI is InChI=1S/C22H23N3O2S/c26-22(23-10-9-17-13-24-21-8-2-1-7-20(17)21)16-25(14-18-5-3-11-27-18)15-19-6-4-12-28-19/h1-8,11-13,24H,9-10,14-16H2,(H,23,26). The first-order valence-corrected chi connectivity index (χ1v) is 10.2. The van der Waals surface area contributed by atoms with E-state index in [-0.39, 0.29) is 5.91 Å². The monoisotopic (exact) mass is 393 g/mol. The Kier molecular flexibility index (Phi) is 5.89. The number of aromatic nitrogens is 1. The molecule has 5 nitrogen and oxygen atoms in total. The van der Waals surface area contributed by atoms with Crippen molar-refractivity contribution in [2.24, 2.45) is 0 Å². The third-order valence-electron chi connectivity index (χ3n) is 4.68. The van der Waals surface area contributed by atoms with E-state index in [1.807, 2.05) is 36.5 Å². The van der Waals surface area contributed by atoms with Crippen molar-refractivity contribution in [1.82, 2.24) is 15.2 Å². The van der Waals surface area contributed by atoms with Gasteiger partial charge in [0.2, 0.25) is 5.91 Å². The second kappa shape index (κ2) is 8.91. The summed E-state index contributed by atoms with van der Waals surface area (Å²) >= 11 is 1.70. The summed E-state index contributed by atoms with van der Waals surface area (Å²) in [6.07, 6.45) is 4.50. The summed E-state index contributed by atoms with van der Waals surface area (Å²) in [5.74, 6) is 0.895. The minimum atomic E-state index is 0.0305. The molecule has 0 unspecified atom stereocenters. The number of carbonyl (C=O) groups excluding carboxylic acids is 1. The van der Waals surface area contributed by atoms with Crippen molar-refractivity contribution < 1.29 is 9.21 Å². The number of rotatable bonds is 9. The van der Waals surface area contributed by atoms with Gasteiger partial charge >= 0.3 is 0 Å². The van der Waals surface area contributed by atoms with Gasteiger partial charge in [-0.25, -0.2) is 0 Å². The molecule has 6 heteroatoms. The van der Waals surface area contributed by atoms with Crippen LogP contribution in [0.4, 0.5) is 0 Å². The van der Waals surface area contributed by atoms with E-state index < -0.39 is 0 Å². The number of hydrogen-bond donors (Lipinski definition) is 2. The number of nitrogens with one attached hydrogen (secondary N) is 2. The Balaban J connectivity index is 1.31. The van der Waals surface area contributed by atoms with Crippen LogP contribution in [0.1, 0.15) is 16.2 Å². The Hall–Kier alpha value is -2.83. The van der Waals surface area contributed by atoms with Crippen molar-refractivity contribution in [3.63, 3.8) is 0 Å². The van der Waals surface area contributed by atoms with Gasteiger partial charge in [0.1, 0.15) is 5.76 Å². The van der Waals surface area contributed by atoms with Gasteiger partial charge in [-0.15, -0.1) is 11.3 Å². The third-order valence-corrected chi connectivity index (χ3v) is 5.54. The minimum absolute atomic E-state index is 0.0305. The summed E-state index contributed by atoms with van der Waals surface area (Å²) in [7, 11) is 0. The molecule has 144 valence electrons. The lowest BCUT2D eigenvalue weighted by molar-refractivity contribution is -0.122. The Morgan fingerprint density at radius 2 is 2.04 bits per heavy atom. The lowest BCUT2D eigenvalue weighted by Gasteiger charge is -2.20. The van der Waals surface area contributed by atoms with Crippen LogP contribution in [0.15, 0.2) is 70.8 Å². The van der Waals surface area contributed by atoms with Crippen LogP contribution >= 0.6 is 11.3 Å². The molecule has 3 aromatic heterocycles. The molecule has 0 aliphatic rings. The first-order chi connectivity index (χ1) is 13.8. The van der Waals surface area contributed by atoms with Crippen molar-refractivity contribution >= 4 is 28.1 Å². The molecule has 0 aliphatic carbocycles. The van der Waals surface area contributed by atoms with Crippen LogP contribution in [-0.2, 0) is 24.3 Å². The van der Waals surface area contributed by atoms with Crippen molar-refractivity contribution in [3.05, 3.63) is 82.6 Å². The lowest BCUT2D eigenvalue weighted by Crippen LogP contribution is -2.37. The molecule has 0 aliphatic heterocycles. The number of aromatic amines is 1. The highest BCUT2D eigenvalue weighted by Gasteiger charge is 2.14. The number of furan rings is 1. The van der Waals surface area contributed by atoms with Crippen LogP contribution in [-0.4, -0.2) is 28.9 Å². The molecule has 0 saturated carbocycles. The maximum absolute atomic E-state index is 12.5. The summed E-state index contributed by atoms with van der Waals surface area (Å²) in [5, 5.41) is 6.33. The molecular weight excluding hydrogens is 370 g/mol. The van der Waals surface area contributed by atoms with Gasteiger partial charge in [0.05, 0.1) is 19.4 Å². The number of hydrogen-bond acceptors (Lipinski definition) is 4. The van der Waals surface area contributed by atoms with E-state index in [2.05, 4.69) is 38.8 Å². The number of benzene rings is 1. The number of nitrogens with zero attached hydrogens (tertiary/aromatic N) is 1. The van der Waals surface area contributed by atoms with Gasteiger partial charge in [-0.2, -0.15) is 0 Å². The zero-order valence-corrected chi connectivity index (χ0v) is 16.4. The molecule has 3 heterocycles. The molecule has 0 atom stereocenters. The van der Waals surface area contributed by atoms with Crippen LogP contribution in [0.25, 0.3) is 10.9 Å². The molecule has 0 spiro atoms. The highest BCUT2D eigenvalue weighted by atomic mass is 32.1. The number of thiophene rings is 1. The highest BCUT2D eigenvalue weighted by molar-refractivity contribution is 7.09. The van der Waals surface area contributed by atoms with Crippen LogP contribution in [0.3, 0.4) is 0 Å². The average molecular weight is 394 g/mol. The fourth-order valence-electron chi connectivity index (χ4n) is 3.35. The molecule has 4 rings (SSSR count). The third kappa shape index (κ3) is 4.71. The first-order valence-electron chi connectivity index (χ1n) is 9.37. The molecule has 0 saturated heterocycles. The second-order valence-corrected chi connectivity index (χ2v) is 7.80. The fraction of sp³-hybridized carbons (Fsp3) is 0.227. The van der Waals surface area contributed by atoms with E-state index in [9.17, 15) is 4.79 Å². The zero-order valence-electron chi connectivity index (χ0n) is 15.6. The van der Waals surface area contributed by atoms with Gasteiger partial charge in [0.25, 0.3) is 0 Å². The predicted octanol–water partition coefficient (Wildman–Crippen LogP) is 4.18. The Labute approximate surface area is 168 Å². The molecule has 1 aromatic carbocycles. The number of H-pyrrole nitrogens is 1. The van der Waals surface area contributed by atoms with Gasteiger partial charge < -0.3 is 14.7 Å². The zero-order chi connectivity index (χ0) is 19.2. The van der Waals surface area contributed by atoms with Gasteiger partial charge in [-0.3, -0.25) is 9.69 Å². The molecule has 0 radical (unpaired) electrons. The van der Waals surface area contributed by atoms with Crippen LogP contribution < -0.4 is 5.32 Å². The van der Waals surface area contributed by atoms with Crippen LogP contribution in [0, 0.1) is 0 Å². The quantitative estimate of drug-likeness (QED) is 0.448. The minimum Gasteiger partial charge on any atom is -0.468 e. The van der Waals surface area contributed by atoms with Crippen LogP contribution in [0.2, 0.25) is 0 Å². The summed E-state index contributed by atoms with van der Waals surface area (Å²) in [6.45, 7) is 2.30. The van der Waals surface area contributed by atoms with E-state index >= 15 is 0 Å². The number of amides is 1. The molecule has 2 N–H and O–H groups in total. The number of fused-ring (bicyclic) bond motifs is 1. The summed E-state index contributed by atoms with van der Waals surface area (Å²) in [5.41, 5.74) is 2.35. The van der Waals surface area contributed by atoms with Gasteiger partial charge in [-0.05, 0) is 41.6 Å². The Bertz CT molecular complexity index is 969. The van der Waals surface area contributed by atoms with Crippen LogP contribution in [0.5, 0.6) is 0 Å². The van der Waals surface area contributed by atoms with Crippen molar-refractivity contribution in [2.75, 3.05) is 13.1 Å². The fourth-order valence-corrected chi connectivity index (χ4v) is 4.09. The molecular formula is C22H23N3O2S. The van der Waals surface area contributed by atoms with Crippen molar-refractivity contribution in [2.45, 2.75) is 19.5 Å². The molecule has 1 amide bonds. The maximum atomic E-state index is 12.5. The second-order valence-electron chi connectivity index (χ2n) is 6.76. The van der Waals surface area contributed by atoms with E-state index in [0.29, 0.717) is 19.6 Å². The summed E-state index contributed by atoms with van der Waals surface area (Å²) < 4.78 is 5.46. The summed E-state index contributed by atoms with van der Waals surface area (Å²) in [4.78, 5) is 19.1. The molecule has 4 aromatic rings. The smallest absolute Gasteiger partial charge is 0.234 e. The summed E-state index contributed by atoms with van der Waals surface area (Å²) in [6, 6.07) is 16.2. The number of carbonyl (C=O) groups is 1. The SMILES string of the molecule is O=C(CN(Cc1ccco1)Cc1cccs1)NCCc1c[nH]c2ccccc12. The lowest BCUT2D eigenvalue weighted by atomic mass is 10.1. The van der Waals surface area contributed by atoms with Crippen molar-refractivity contribution in [1.29, 1.82) is 0 Å². The topological polar surface area (TPSA) is 61.3 Å². The van der Waals surface area contributed by atoms with Crippen molar-refractivity contribution in [3.8, 4) is 0 Å². The Morgan fingerprint density at radius 1 is 1.11 bits per heavy atom.